The summed E-state index contributed by atoms with van der Waals surface area (Å²) in [6, 6.07) is 13.5. The van der Waals surface area contributed by atoms with Crippen LogP contribution >= 0.6 is 0 Å². The van der Waals surface area contributed by atoms with Gasteiger partial charge in [-0.25, -0.2) is 0 Å². The lowest BCUT2D eigenvalue weighted by molar-refractivity contribution is -0.288. The van der Waals surface area contributed by atoms with Gasteiger partial charge in [0.15, 0.2) is 18.0 Å². The van der Waals surface area contributed by atoms with Crippen LogP contribution in [0.5, 0.6) is 5.75 Å². The number of esters is 4. The highest BCUT2D eigenvalue weighted by Crippen LogP contribution is 2.34. The largest absolute Gasteiger partial charge is 0.463 e. The molecule has 2 N–H and O–H groups in total. The first-order valence-corrected chi connectivity index (χ1v) is 13.3. The number of benzene rings is 2. The maximum absolute atomic E-state index is 13.4. The van der Waals surface area contributed by atoms with Crippen LogP contribution in [0.3, 0.4) is 0 Å². The molecule has 1 aliphatic rings. The van der Waals surface area contributed by atoms with Crippen LogP contribution in [0.15, 0.2) is 52.9 Å². The minimum Gasteiger partial charge on any atom is -0.463 e. The molecule has 0 spiro atoms. The van der Waals surface area contributed by atoms with Gasteiger partial charge >= 0.3 is 23.9 Å². The maximum Gasteiger partial charge on any atom is 0.303 e. The molecule has 1 fully saturated rings. The van der Waals surface area contributed by atoms with E-state index in [0.717, 1.165) is 20.8 Å². The lowest BCUT2D eigenvalue weighted by Crippen LogP contribution is -2.63. The number of fused-ring (bicyclic) bond motifs is 1. The van der Waals surface area contributed by atoms with E-state index >= 15 is 0 Å². The third kappa shape index (κ3) is 7.49. The van der Waals surface area contributed by atoms with Gasteiger partial charge in [-0.05, 0) is 12.1 Å². The quantitative estimate of drug-likeness (QED) is 0.205. The van der Waals surface area contributed by atoms with Gasteiger partial charge in [0.05, 0.1) is 5.56 Å². The number of Topliss-reactive ketones (excluding diaryl/α,β-unsaturated/α-hetero) is 1. The van der Waals surface area contributed by atoms with Gasteiger partial charge in [0.1, 0.15) is 24.0 Å². The van der Waals surface area contributed by atoms with E-state index in [1.165, 1.54) is 6.92 Å². The van der Waals surface area contributed by atoms with Gasteiger partial charge in [-0.1, -0.05) is 36.4 Å². The number of hydrogen-bond acceptors (Lipinski definition) is 13. The molecule has 0 aliphatic carbocycles. The van der Waals surface area contributed by atoms with Crippen molar-refractivity contribution in [1.82, 2.24) is 0 Å². The molecule has 2 aromatic carbocycles. The molecule has 0 amide bonds. The minimum atomic E-state index is -1.46. The number of para-hydroxylation sites is 2. The second kappa shape index (κ2) is 13.4. The summed E-state index contributed by atoms with van der Waals surface area (Å²) in [5.41, 5.74) is 7.13. The number of nitrogen functional groups attached to an aromatic ring is 1. The molecule has 43 heavy (non-hydrogen) atoms. The lowest BCUT2D eigenvalue weighted by atomic mass is 9.97. The predicted octanol–water partition coefficient (Wildman–Crippen LogP) is 2.90. The number of carbonyl (C=O) groups is 5. The number of anilines is 1. The van der Waals surface area contributed by atoms with E-state index in [4.69, 9.17) is 38.6 Å². The molecule has 1 saturated heterocycles. The monoisotopic (exact) mass is 597 g/mol. The Labute approximate surface area is 246 Å². The molecule has 228 valence electrons. The molecular weight excluding hydrogens is 566 g/mol. The SMILES string of the molecule is CC(=O)OC[C@H]1O[C@@H](Oc2ccccc2CC(=O)c2c(N)oc3ccccc23)[C@H](OC(C)=O)[C@@H](OC(C)=O)[C@@H]1OC(C)=O. The Kier molecular flexibility index (Phi) is 9.66. The third-order valence-electron chi connectivity index (χ3n) is 6.42. The normalized spacial score (nSPS) is 21.4. The number of carbonyl (C=O) groups excluding carboxylic acids is 5. The maximum atomic E-state index is 13.4. The molecule has 2 heterocycles. The minimum absolute atomic E-state index is 0.0239. The van der Waals surface area contributed by atoms with Crippen molar-refractivity contribution < 1.29 is 56.8 Å². The summed E-state index contributed by atoms with van der Waals surface area (Å²) >= 11 is 0. The van der Waals surface area contributed by atoms with Gasteiger partial charge in [0, 0.05) is 45.1 Å². The van der Waals surface area contributed by atoms with Crippen molar-refractivity contribution >= 4 is 46.5 Å². The summed E-state index contributed by atoms with van der Waals surface area (Å²) in [5.74, 6) is -3.15. The van der Waals surface area contributed by atoms with Gasteiger partial charge in [-0.3, -0.25) is 24.0 Å². The van der Waals surface area contributed by atoms with Crippen molar-refractivity contribution in [3.05, 3.63) is 59.7 Å². The van der Waals surface area contributed by atoms with Crippen LogP contribution in [0.25, 0.3) is 11.0 Å². The fourth-order valence-corrected chi connectivity index (χ4v) is 4.79. The van der Waals surface area contributed by atoms with Crippen molar-refractivity contribution in [3.63, 3.8) is 0 Å². The summed E-state index contributed by atoms with van der Waals surface area (Å²) in [4.78, 5) is 61.2. The first-order valence-electron chi connectivity index (χ1n) is 13.3. The van der Waals surface area contributed by atoms with E-state index in [-0.39, 0.29) is 29.4 Å². The number of ketones is 1. The summed E-state index contributed by atoms with van der Waals surface area (Å²) in [6.07, 6.45) is -6.99. The highest BCUT2D eigenvalue weighted by atomic mass is 16.7. The first-order chi connectivity index (χ1) is 20.4. The summed E-state index contributed by atoms with van der Waals surface area (Å²) in [7, 11) is 0. The molecular formula is C30H31NO12. The van der Waals surface area contributed by atoms with Crippen LogP contribution in [0.2, 0.25) is 0 Å². The number of ether oxygens (including phenoxy) is 6. The summed E-state index contributed by atoms with van der Waals surface area (Å²) in [5, 5.41) is 0.558. The molecule has 0 bridgehead atoms. The highest BCUT2D eigenvalue weighted by Gasteiger charge is 2.53. The second-order valence-electron chi connectivity index (χ2n) is 9.73. The fraction of sp³-hybridized carbons (Fsp3) is 0.367. The smallest absolute Gasteiger partial charge is 0.303 e. The van der Waals surface area contributed by atoms with E-state index in [2.05, 4.69) is 0 Å². The van der Waals surface area contributed by atoms with E-state index < -0.39 is 61.2 Å². The second-order valence-corrected chi connectivity index (χ2v) is 9.73. The molecule has 0 saturated carbocycles. The van der Waals surface area contributed by atoms with Crippen LogP contribution in [0.1, 0.15) is 43.6 Å². The average molecular weight is 598 g/mol. The molecule has 3 aromatic rings. The topological polar surface area (TPSA) is 180 Å². The molecule has 4 rings (SSSR count). The Morgan fingerprint density at radius 1 is 0.767 bits per heavy atom. The van der Waals surface area contributed by atoms with Gasteiger partial charge < -0.3 is 38.6 Å². The van der Waals surface area contributed by atoms with Crippen molar-refractivity contribution in [2.45, 2.75) is 64.8 Å². The molecule has 1 aromatic heterocycles. The van der Waals surface area contributed by atoms with Crippen LogP contribution in [-0.2, 0) is 49.3 Å². The van der Waals surface area contributed by atoms with E-state index in [1.54, 1.807) is 48.5 Å². The highest BCUT2D eigenvalue weighted by molar-refractivity contribution is 6.11. The Bertz CT molecular complexity index is 1530. The number of rotatable bonds is 10. The van der Waals surface area contributed by atoms with Crippen molar-refractivity contribution in [3.8, 4) is 5.75 Å². The molecule has 0 unspecified atom stereocenters. The van der Waals surface area contributed by atoms with Crippen molar-refractivity contribution in [2.75, 3.05) is 12.3 Å². The van der Waals surface area contributed by atoms with Gasteiger partial charge in [-0.15, -0.1) is 0 Å². The zero-order valence-corrected chi connectivity index (χ0v) is 23.9. The first kappa shape index (κ1) is 31.0. The van der Waals surface area contributed by atoms with Crippen molar-refractivity contribution in [1.29, 1.82) is 0 Å². The predicted molar refractivity (Wildman–Crippen MR) is 148 cm³/mol. The zero-order chi connectivity index (χ0) is 31.3. The Morgan fingerprint density at radius 3 is 2.05 bits per heavy atom. The molecule has 13 heteroatoms. The fourth-order valence-electron chi connectivity index (χ4n) is 4.79. The number of nitrogens with two attached hydrogens (primary N) is 1. The van der Waals surface area contributed by atoms with E-state index in [9.17, 15) is 24.0 Å². The van der Waals surface area contributed by atoms with Crippen LogP contribution in [-0.4, -0.2) is 67.0 Å². The van der Waals surface area contributed by atoms with Gasteiger partial charge in [0.25, 0.3) is 0 Å². The zero-order valence-electron chi connectivity index (χ0n) is 23.9. The van der Waals surface area contributed by atoms with Gasteiger partial charge in [-0.2, -0.15) is 0 Å². The summed E-state index contributed by atoms with van der Waals surface area (Å²) < 4.78 is 39.1. The van der Waals surface area contributed by atoms with Crippen molar-refractivity contribution in [2.24, 2.45) is 0 Å². The molecule has 0 radical (unpaired) electrons. The standard InChI is InChI=1S/C30H31NO12/c1-15(32)37-14-24-26(38-16(2)33)27(39-17(3)34)28(40-18(4)35)30(43-24)42-22-11-7-5-9-19(22)13-21(36)25-20-10-6-8-12-23(20)41-29(25)31/h5-12,24,26-28,30H,13-14,31H2,1-4H3/t24-,26-,27+,28-,30-/m1/s1. The summed E-state index contributed by atoms with van der Waals surface area (Å²) in [6.45, 7) is 4.13. The van der Waals surface area contributed by atoms with E-state index in [0.29, 0.717) is 16.5 Å². The third-order valence-corrected chi connectivity index (χ3v) is 6.42. The molecule has 1 aliphatic heterocycles. The average Bonchev–Trinajstić information content (AvgIpc) is 3.27. The van der Waals surface area contributed by atoms with Crippen LogP contribution in [0, 0.1) is 0 Å². The molecule has 5 atom stereocenters. The number of hydrogen-bond donors (Lipinski definition) is 1. The van der Waals surface area contributed by atoms with Crippen LogP contribution in [0.4, 0.5) is 5.88 Å². The Hall–Kier alpha value is -4.91. The van der Waals surface area contributed by atoms with Gasteiger partial charge in [0.2, 0.25) is 18.3 Å². The molecule has 13 nitrogen and oxygen atoms in total. The number of furan rings is 1. The van der Waals surface area contributed by atoms with Crippen LogP contribution < -0.4 is 10.5 Å². The Morgan fingerprint density at radius 2 is 1.37 bits per heavy atom. The Balaban J connectivity index is 1.69. The van der Waals surface area contributed by atoms with E-state index in [1.807, 2.05) is 0 Å². The lowest BCUT2D eigenvalue weighted by Gasteiger charge is -2.44.